The molecule has 0 radical (unpaired) electrons. The summed E-state index contributed by atoms with van der Waals surface area (Å²) in [6.45, 7) is 5.30. The van der Waals surface area contributed by atoms with Crippen molar-refractivity contribution < 1.29 is 14.1 Å². The largest absolute Gasteiger partial charge is 0.441 e. The summed E-state index contributed by atoms with van der Waals surface area (Å²) in [5, 5.41) is 9.87. The highest BCUT2D eigenvalue weighted by molar-refractivity contribution is 5.86. The summed E-state index contributed by atoms with van der Waals surface area (Å²) in [6.07, 6.45) is -0.827. The molecule has 1 saturated heterocycles. The van der Waals surface area contributed by atoms with E-state index in [0.717, 1.165) is 18.7 Å². The normalized spacial score (nSPS) is 15.9. The van der Waals surface area contributed by atoms with E-state index in [4.69, 9.17) is 9.26 Å². The van der Waals surface area contributed by atoms with E-state index in [1.165, 1.54) is 0 Å². The van der Waals surface area contributed by atoms with Gasteiger partial charge in [0.15, 0.2) is 5.76 Å². The van der Waals surface area contributed by atoms with Gasteiger partial charge in [0.1, 0.15) is 17.5 Å². The van der Waals surface area contributed by atoms with Gasteiger partial charge in [-0.1, -0.05) is 35.5 Å². The summed E-state index contributed by atoms with van der Waals surface area (Å²) in [7, 11) is 0. The molecule has 0 bridgehead atoms. The fraction of sp³-hybridized carbons (Fsp3) is 0.375. The van der Waals surface area contributed by atoms with Crippen molar-refractivity contribution in [1.29, 1.82) is 0 Å². The SMILES string of the molecule is Cc1noc(C2CNC2)c1NC(=O)O[C@H](C)c1ccccc1. The Labute approximate surface area is 128 Å². The monoisotopic (exact) mass is 301 g/mol. The van der Waals surface area contributed by atoms with Crippen LogP contribution in [0.4, 0.5) is 10.5 Å². The van der Waals surface area contributed by atoms with E-state index in [2.05, 4.69) is 15.8 Å². The molecule has 6 heteroatoms. The Kier molecular flexibility index (Phi) is 4.11. The molecule has 2 heterocycles. The van der Waals surface area contributed by atoms with Crippen LogP contribution >= 0.6 is 0 Å². The number of carbonyl (C=O) groups is 1. The molecular weight excluding hydrogens is 282 g/mol. The zero-order valence-electron chi connectivity index (χ0n) is 12.6. The van der Waals surface area contributed by atoms with Crippen molar-refractivity contribution in [2.45, 2.75) is 25.9 Å². The molecule has 22 heavy (non-hydrogen) atoms. The number of hydrogen-bond donors (Lipinski definition) is 2. The standard InChI is InChI=1S/C16H19N3O3/c1-10-14(15(22-19-10)13-8-17-9-13)18-16(20)21-11(2)12-6-4-3-5-7-12/h3-7,11,13,17H,8-9H2,1-2H3,(H,18,20)/t11-/m1/s1. The fourth-order valence-electron chi connectivity index (χ4n) is 2.38. The van der Waals surface area contributed by atoms with Crippen LogP contribution in [0, 0.1) is 6.92 Å². The first-order valence-electron chi connectivity index (χ1n) is 7.34. The molecule has 1 aromatic heterocycles. The van der Waals surface area contributed by atoms with E-state index in [1.54, 1.807) is 6.92 Å². The van der Waals surface area contributed by atoms with Gasteiger partial charge in [0.25, 0.3) is 0 Å². The molecule has 2 aromatic rings. The van der Waals surface area contributed by atoms with Gasteiger partial charge in [-0.05, 0) is 19.4 Å². The van der Waals surface area contributed by atoms with Crippen LogP contribution in [0.2, 0.25) is 0 Å². The Morgan fingerprint density at radius 1 is 1.41 bits per heavy atom. The predicted octanol–water partition coefficient (Wildman–Crippen LogP) is 2.98. The van der Waals surface area contributed by atoms with Gasteiger partial charge in [0.2, 0.25) is 0 Å². The average molecular weight is 301 g/mol. The summed E-state index contributed by atoms with van der Waals surface area (Å²) < 4.78 is 10.7. The van der Waals surface area contributed by atoms with Gasteiger partial charge in [-0.25, -0.2) is 4.79 Å². The molecule has 1 fully saturated rings. The molecule has 1 aromatic carbocycles. The Balaban J connectivity index is 1.66. The first-order chi connectivity index (χ1) is 10.6. The maximum atomic E-state index is 12.1. The van der Waals surface area contributed by atoms with E-state index < -0.39 is 6.09 Å². The van der Waals surface area contributed by atoms with Gasteiger partial charge >= 0.3 is 6.09 Å². The molecule has 1 amide bonds. The molecule has 0 unspecified atom stereocenters. The number of hydrogen-bond acceptors (Lipinski definition) is 5. The van der Waals surface area contributed by atoms with Crippen LogP contribution in [0.5, 0.6) is 0 Å². The van der Waals surface area contributed by atoms with Gasteiger partial charge in [-0.15, -0.1) is 0 Å². The number of carbonyl (C=O) groups excluding carboxylic acids is 1. The number of aromatic nitrogens is 1. The molecule has 0 saturated carbocycles. The minimum Gasteiger partial charge on any atom is -0.441 e. The lowest BCUT2D eigenvalue weighted by molar-refractivity contribution is 0.121. The molecular formula is C16H19N3O3. The maximum Gasteiger partial charge on any atom is 0.412 e. The second-order valence-electron chi connectivity index (χ2n) is 5.45. The van der Waals surface area contributed by atoms with Crippen molar-refractivity contribution in [3.8, 4) is 0 Å². The zero-order chi connectivity index (χ0) is 15.5. The van der Waals surface area contributed by atoms with Gasteiger partial charge in [0, 0.05) is 19.0 Å². The number of anilines is 1. The Hall–Kier alpha value is -2.34. The van der Waals surface area contributed by atoms with Crippen LogP contribution in [0.1, 0.15) is 36.0 Å². The van der Waals surface area contributed by atoms with Crippen LogP contribution in [0.15, 0.2) is 34.9 Å². The molecule has 2 N–H and O–H groups in total. The van der Waals surface area contributed by atoms with Crippen molar-refractivity contribution in [1.82, 2.24) is 10.5 Å². The Bertz CT molecular complexity index is 650. The lowest BCUT2D eigenvalue weighted by Crippen LogP contribution is -2.40. The third-order valence-corrected chi connectivity index (χ3v) is 3.82. The summed E-state index contributed by atoms with van der Waals surface area (Å²) in [5.74, 6) is 0.962. The number of aryl methyl sites for hydroxylation is 1. The molecule has 116 valence electrons. The van der Waals surface area contributed by atoms with E-state index in [1.807, 2.05) is 37.3 Å². The first kappa shape index (κ1) is 14.6. The molecule has 1 aliphatic rings. The second kappa shape index (κ2) is 6.19. The average Bonchev–Trinajstić information content (AvgIpc) is 2.80. The Morgan fingerprint density at radius 2 is 2.14 bits per heavy atom. The minimum absolute atomic E-state index is 0.253. The third-order valence-electron chi connectivity index (χ3n) is 3.82. The number of ether oxygens (including phenoxy) is 1. The van der Waals surface area contributed by atoms with Crippen LogP contribution in [-0.2, 0) is 4.74 Å². The highest BCUT2D eigenvalue weighted by Gasteiger charge is 2.29. The predicted molar refractivity (Wildman–Crippen MR) is 81.8 cm³/mol. The van der Waals surface area contributed by atoms with Crippen LogP contribution in [-0.4, -0.2) is 24.3 Å². The first-order valence-corrected chi connectivity index (χ1v) is 7.34. The summed E-state index contributed by atoms with van der Waals surface area (Å²) in [6, 6.07) is 9.61. The van der Waals surface area contributed by atoms with Crippen LogP contribution < -0.4 is 10.6 Å². The summed E-state index contributed by atoms with van der Waals surface area (Å²) in [5.41, 5.74) is 2.23. The molecule has 0 aliphatic carbocycles. The highest BCUT2D eigenvalue weighted by Crippen LogP contribution is 2.30. The molecule has 0 spiro atoms. The summed E-state index contributed by atoms with van der Waals surface area (Å²) in [4.78, 5) is 12.1. The van der Waals surface area contributed by atoms with E-state index >= 15 is 0 Å². The number of nitrogens with one attached hydrogen (secondary N) is 2. The Morgan fingerprint density at radius 3 is 2.77 bits per heavy atom. The molecule has 1 aliphatic heterocycles. The third kappa shape index (κ3) is 2.96. The van der Waals surface area contributed by atoms with Gasteiger partial charge in [-0.3, -0.25) is 5.32 Å². The molecule has 3 rings (SSSR count). The van der Waals surface area contributed by atoms with E-state index in [0.29, 0.717) is 17.1 Å². The van der Waals surface area contributed by atoms with Crippen LogP contribution in [0.3, 0.4) is 0 Å². The van der Waals surface area contributed by atoms with Gasteiger partial charge in [0.05, 0.1) is 0 Å². The van der Waals surface area contributed by atoms with E-state index in [-0.39, 0.29) is 12.0 Å². The van der Waals surface area contributed by atoms with Crippen LogP contribution in [0.25, 0.3) is 0 Å². The lowest BCUT2D eigenvalue weighted by Gasteiger charge is -2.25. The van der Waals surface area contributed by atoms with Crippen molar-refractivity contribution in [2.24, 2.45) is 0 Å². The second-order valence-corrected chi connectivity index (χ2v) is 5.45. The quantitative estimate of drug-likeness (QED) is 0.908. The van der Waals surface area contributed by atoms with Crippen molar-refractivity contribution in [3.63, 3.8) is 0 Å². The highest BCUT2D eigenvalue weighted by atomic mass is 16.6. The van der Waals surface area contributed by atoms with Gasteiger partial charge < -0.3 is 14.6 Å². The number of nitrogens with zero attached hydrogens (tertiary/aromatic N) is 1. The number of benzene rings is 1. The smallest absolute Gasteiger partial charge is 0.412 e. The summed E-state index contributed by atoms with van der Waals surface area (Å²) >= 11 is 0. The number of amides is 1. The van der Waals surface area contributed by atoms with E-state index in [9.17, 15) is 4.79 Å². The van der Waals surface area contributed by atoms with Crippen molar-refractivity contribution >= 4 is 11.8 Å². The minimum atomic E-state index is -0.504. The lowest BCUT2D eigenvalue weighted by atomic mass is 9.99. The van der Waals surface area contributed by atoms with Gasteiger partial charge in [-0.2, -0.15) is 0 Å². The van der Waals surface area contributed by atoms with Crippen molar-refractivity contribution in [2.75, 3.05) is 18.4 Å². The molecule has 1 atom stereocenters. The maximum absolute atomic E-state index is 12.1. The topological polar surface area (TPSA) is 76.4 Å². The fourth-order valence-corrected chi connectivity index (χ4v) is 2.38. The zero-order valence-corrected chi connectivity index (χ0v) is 12.6. The van der Waals surface area contributed by atoms with Crippen molar-refractivity contribution in [3.05, 3.63) is 47.3 Å². The number of rotatable bonds is 4. The molecule has 6 nitrogen and oxygen atoms in total.